The molecular weight excluding hydrogens is 328 g/mol. The van der Waals surface area contributed by atoms with E-state index in [0.717, 1.165) is 32.1 Å². The normalized spacial score (nSPS) is 13.1. The van der Waals surface area contributed by atoms with E-state index in [1.807, 2.05) is 0 Å². The van der Waals surface area contributed by atoms with E-state index in [4.69, 9.17) is 11.6 Å². The van der Waals surface area contributed by atoms with E-state index in [0.29, 0.717) is 11.8 Å². The van der Waals surface area contributed by atoms with Crippen molar-refractivity contribution in [1.82, 2.24) is 0 Å². The zero-order valence-electron chi connectivity index (χ0n) is 16.5. The minimum Gasteiger partial charge on any atom is -0.281 e. The number of rotatable bonds is 15. The topological polar surface area (TPSA) is 17.1 Å². The van der Waals surface area contributed by atoms with Gasteiger partial charge < -0.3 is 0 Å². The van der Waals surface area contributed by atoms with Crippen LogP contribution < -0.4 is 0 Å². The Labute approximate surface area is 160 Å². The molecule has 2 heteroatoms. The van der Waals surface area contributed by atoms with Crippen LogP contribution >= 0.6 is 11.6 Å². The number of carbonyl (C=O) groups excluding carboxylic acids is 1. The lowest BCUT2D eigenvalue weighted by molar-refractivity contribution is -0.111. The first kappa shape index (κ1) is 23.9. The van der Waals surface area contributed by atoms with Crippen LogP contribution in [0.5, 0.6) is 0 Å². The van der Waals surface area contributed by atoms with Crippen molar-refractivity contribution in [1.29, 1.82) is 0 Å². The molecule has 0 heterocycles. The van der Waals surface area contributed by atoms with Crippen LogP contribution in [0.1, 0.15) is 85.0 Å². The van der Waals surface area contributed by atoms with Gasteiger partial charge in [-0.25, -0.2) is 0 Å². The van der Waals surface area contributed by atoms with Crippen LogP contribution in [0.2, 0.25) is 0 Å². The third-order valence-electron chi connectivity index (χ3n) is 4.10. The van der Waals surface area contributed by atoms with Gasteiger partial charge in [-0.15, -0.1) is 0 Å². The smallest absolute Gasteiger partial charge is 0.221 e. The molecule has 0 aliphatic rings. The van der Waals surface area contributed by atoms with Crippen molar-refractivity contribution in [2.75, 3.05) is 0 Å². The van der Waals surface area contributed by atoms with Gasteiger partial charge in [-0.2, -0.15) is 0 Å². The van der Waals surface area contributed by atoms with E-state index in [-0.39, 0.29) is 5.24 Å². The summed E-state index contributed by atoms with van der Waals surface area (Å²) in [6.07, 6.45) is 28.0. The molecule has 25 heavy (non-hydrogen) atoms. The van der Waals surface area contributed by atoms with Gasteiger partial charge in [-0.3, -0.25) is 4.79 Å². The van der Waals surface area contributed by atoms with E-state index in [1.165, 1.54) is 25.7 Å². The highest BCUT2D eigenvalue weighted by atomic mass is 35.5. The summed E-state index contributed by atoms with van der Waals surface area (Å²) in [4.78, 5) is 10.6. The van der Waals surface area contributed by atoms with Crippen molar-refractivity contribution < 1.29 is 4.79 Å². The molecule has 0 aliphatic carbocycles. The Kier molecular flexibility index (Phi) is 15.7. The molecule has 0 bridgehead atoms. The van der Waals surface area contributed by atoms with Gasteiger partial charge in [0.15, 0.2) is 0 Å². The zero-order valence-corrected chi connectivity index (χ0v) is 17.2. The fourth-order valence-corrected chi connectivity index (χ4v) is 2.58. The summed E-state index contributed by atoms with van der Waals surface area (Å²) in [5.41, 5.74) is 0.436. The molecule has 0 N–H and O–H groups in total. The molecule has 0 saturated heterocycles. The second kappa shape index (κ2) is 16.4. The van der Waals surface area contributed by atoms with Crippen LogP contribution in [-0.2, 0) is 4.79 Å². The molecule has 142 valence electrons. The number of hydrogen-bond acceptors (Lipinski definition) is 1. The third-order valence-corrected chi connectivity index (χ3v) is 4.29. The SMILES string of the molecule is CCCCC(C)(C)C/C=C\C/C=C\C/C=C\C/C=C\CCCC(=O)Cl. The maximum Gasteiger partial charge on any atom is 0.221 e. The standard InChI is InChI=1S/C23H37ClO/c1-4-5-20-23(2,3)21-18-16-14-12-10-8-6-7-9-11-13-15-17-19-22(24)25/h6-7,10-13,16,18H,4-5,8-9,14-15,17,19-21H2,1-3H3/b7-6-,12-10-,13-11-,18-16-. The van der Waals surface area contributed by atoms with Crippen LogP contribution in [0.3, 0.4) is 0 Å². The highest BCUT2D eigenvalue weighted by Crippen LogP contribution is 2.27. The molecule has 0 atom stereocenters. The van der Waals surface area contributed by atoms with Crippen molar-refractivity contribution in [3.63, 3.8) is 0 Å². The van der Waals surface area contributed by atoms with Crippen molar-refractivity contribution >= 4 is 16.8 Å². The summed E-state index contributed by atoms with van der Waals surface area (Å²) < 4.78 is 0. The van der Waals surface area contributed by atoms with Crippen molar-refractivity contribution in [3.8, 4) is 0 Å². The Morgan fingerprint density at radius 3 is 1.88 bits per heavy atom. The first-order valence-electron chi connectivity index (χ1n) is 9.76. The van der Waals surface area contributed by atoms with Crippen LogP contribution in [-0.4, -0.2) is 5.24 Å². The Hall–Kier alpha value is -1.08. The second-order valence-electron chi connectivity index (χ2n) is 7.31. The summed E-state index contributed by atoms with van der Waals surface area (Å²) in [6.45, 7) is 6.98. The molecule has 0 rings (SSSR count). The summed E-state index contributed by atoms with van der Waals surface area (Å²) in [6, 6.07) is 0. The third kappa shape index (κ3) is 19.1. The monoisotopic (exact) mass is 364 g/mol. The molecule has 0 unspecified atom stereocenters. The van der Waals surface area contributed by atoms with E-state index in [9.17, 15) is 4.79 Å². The summed E-state index contributed by atoms with van der Waals surface area (Å²) >= 11 is 5.28. The van der Waals surface area contributed by atoms with E-state index in [2.05, 4.69) is 69.4 Å². The van der Waals surface area contributed by atoms with Gasteiger partial charge in [-0.05, 0) is 62.0 Å². The van der Waals surface area contributed by atoms with Crippen LogP contribution in [0.15, 0.2) is 48.6 Å². The minimum atomic E-state index is -0.241. The number of hydrogen-bond donors (Lipinski definition) is 0. The van der Waals surface area contributed by atoms with Gasteiger partial charge in [0.1, 0.15) is 0 Å². The molecule has 0 aromatic rings. The number of unbranched alkanes of at least 4 members (excludes halogenated alkanes) is 2. The summed E-state index contributed by atoms with van der Waals surface area (Å²) in [7, 11) is 0. The van der Waals surface area contributed by atoms with Gasteiger partial charge in [0, 0.05) is 6.42 Å². The number of allylic oxidation sites excluding steroid dienone is 8. The lowest BCUT2D eigenvalue weighted by Crippen LogP contribution is -2.09. The van der Waals surface area contributed by atoms with Gasteiger partial charge in [0.05, 0.1) is 0 Å². The fraction of sp³-hybridized carbons (Fsp3) is 0.609. The number of halogens is 1. The van der Waals surface area contributed by atoms with E-state index in [1.54, 1.807) is 0 Å². The van der Waals surface area contributed by atoms with Gasteiger partial charge in [0.25, 0.3) is 0 Å². The van der Waals surface area contributed by atoms with Crippen molar-refractivity contribution in [3.05, 3.63) is 48.6 Å². The molecule has 0 amide bonds. The van der Waals surface area contributed by atoms with Gasteiger partial charge >= 0.3 is 0 Å². The quantitative estimate of drug-likeness (QED) is 0.164. The predicted octanol–water partition coefficient (Wildman–Crippen LogP) is 7.92. The Balaban J connectivity index is 3.63. The average Bonchev–Trinajstić information content (AvgIpc) is 2.56. The maximum atomic E-state index is 10.6. The molecule has 0 spiro atoms. The molecule has 0 fully saturated rings. The van der Waals surface area contributed by atoms with E-state index < -0.39 is 0 Å². The first-order chi connectivity index (χ1) is 12.0. The van der Waals surface area contributed by atoms with Crippen LogP contribution in [0.25, 0.3) is 0 Å². The van der Waals surface area contributed by atoms with E-state index >= 15 is 0 Å². The first-order valence-corrected chi connectivity index (χ1v) is 10.1. The van der Waals surface area contributed by atoms with Crippen LogP contribution in [0.4, 0.5) is 0 Å². The van der Waals surface area contributed by atoms with Crippen molar-refractivity contribution in [2.24, 2.45) is 5.41 Å². The molecular formula is C23H37ClO. The molecule has 0 aromatic heterocycles. The Morgan fingerprint density at radius 2 is 1.36 bits per heavy atom. The molecule has 0 aliphatic heterocycles. The molecule has 0 saturated carbocycles. The van der Waals surface area contributed by atoms with Crippen molar-refractivity contribution in [2.45, 2.75) is 85.0 Å². The summed E-state index contributed by atoms with van der Waals surface area (Å²) in [5.74, 6) is 0. The molecule has 0 aromatic carbocycles. The van der Waals surface area contributed by atoms with Gasteiger partial charge in [0.2, 0.25) is 5.24 Å². The predicted molar refractivity (Wildman–Crippen MR) is 113 cm³/mol. The molecule has 1 nitrogen and oxygen atoms in total. The Morgan fingerprint density at radius 1 is 0.840 bits per heavy atom. The lowest BCUT2D eigenvalue weighted by atomic mass is 9.84. The fourth-order valence-electron chi connectivity index (χ4n) is 2.45. The minimum absolute atomic E-state index is 0.241. The maximum absolute atomic E-state index is 10.6. The second-order valence-corrected chi connectivity index (χ2v) is 7.73. The molecule has 0 radical (unpaired) electrons. The number of carbonyl (C=O) groups is 1. The van der Waals surface area contributed by atoms with Crippen LogP contribution in [0, 0.1) is 5.41 Å². The summed E-state index contributed by atoms with van der Waals surface area (Å²) in [5, 5.41) is -0.241. The zero-order chi connectivity index (χ0) is 18.8. The Bertz CT molecular complexity index is 441. The highest BCUT2D eigenvalue weighted by Gasteiger charge is 2.14. The lowest BCUT2D eigenvalue weighted by Gasteiger charge is -2.22. The highest BCUT2D eigenvalue weighted by molar-refractivity contribution is 6.63. The largest absolute Gasteiger partial charge is 0.281 e. The average molecular weight is 365 g/mol. The van der Waals surface area contributed by atoms with Gasteiger partial charge in [-0.1, -0.05) is 82.2 Å².